The van der Waals surface area contributed by atoms with Crippen LogP contribution in [0.2, 0.25) is 0 Å². The lowest BCUT2D eigenvalue weighted by Crippen LogP contribution is -2.60. The second-order valence-electron chi connectivity index (χ2n) is 13.6. The minimum absolute atomic E-state index is 0.137. The Bertz CT molecular complexity index is 1000. The minimum atomic E-state index is -4.59. The number of hydrogen-bond donors (Lipinski definition) is 4. The number of ether oxygens (including phenoxy) is 4. The Morgan fingerprint density at radius 1 is 0.660 bits per heavy atom. The predicted octanol–water partition coefficient (Wildman–Crippen LogP) is 6.33. The number of aliphatic hydroxyl groups excluding tert-OH is 3. The van der Waals surface area contributed by atoms with Crippen molar-refractivity contribution in [3.8, 4) is 0 Å². The molecule has 1 aliphatic rings. The molecule has 2 unspecified atom stereocenters. The first-order chi connectivity index (χ1) is 24.0. The molecule has 1 heterocycles. The molecular formula is C37H68O12S. The van der Waals surface area contributed by atoms with Crippen LogP contribution in [0.25, 0.3) is 0 Å². The van der Waals surface area contributed by atoms with E-state index in [0.717, 1.165) is 44.9 Å². The van der Waals surface area contributed by atoms with E-state index in [9.17, 15) is 37.9 Å². The zero-order valence-corrected chi connectivity index (χ0v) is 31.6. The van der Waals surface area contributed by atoms with Crippen molar-refractivity contribution in [1.29, 1.82) is 0 Å². The summed E-state index contributed by atoms with van der Waals surface area (Å²) in [5.41, 5.74) is 0. The largest absolute Gasteiger partial charge is 0.462 e. The zero-order valence-electron chi connectivity index (χ0n) is 30.8. The third-order valence-corrected chi connectivity index (χ3v) is 9.60. The van der Waals surface area contributed by atoms with Gasteiger partial charge in [0.05, 0.1) is 6.61 Å². The molecule has 0 amide bonds. The highest BCUT2D eigenvalue weighted by Crippen LogP contribution is 2.24. The van der Waals surface area contributed by atoms with Gasteiger partial charge in [-0.05, 0) is 38.5 Å². The number of aliphatic hydroxyl groups is 3. The first-order valence-corrected chi connectivity index (χ1v) is 20.9. The number of hydrogen-bond acceptors (Lipinski definition) is 11. The smallest absolute Gasteiger partial charge is 0.306 e. The molecule has 1 saturated heterocycles. The lowest BCUT2D eigenvalue weighted by atomic mass is 10.00. The molecule has 294 valence electrons. The Balaban J connectivity index is 2.51. The van der Waals surface area contributed by atoms with Gasteiger partial charge in [0.25, 0.3) is 10.1 Å². The molecule has 0 bridgehead atoms. The van der Waals surface area contributed by atoms with Gasteiger partial charge >= 0.3 is 11.9 Å². The number of rotatable bonds is 31. The summed E-state index contributed by atoms with van der Waals surface area (Å²) in [5, 5.41) is 30.7. The predicted molar refractivity (Wildman–Crippen MR) is 192 cm³/mol. The normalized spacial score (nSPS) is 21.8. The van der Waals surface area contributed by atoms with Gasteiger partial charge in [0.2, 0.25) is 0 Å². The summed E-state index contributed by atoms with van der Waals surface area (Å²) in [6.45, 7) is 3.66. The van der Waals surface area contributed by atoms with Gasteiger partial charge in [0.1, 0.15) is 36.8 Å². The van der Waals surface area contributed by atoms with Gasteiger partial charge in [-0.1, -0.05) is 116 Å². The molecule has 1 fully saturated rings. The van der Waals surface area contributed by atoms with Gasteiger partial charge in [0, 0.05) is 12.8 Å². The van der Waals surface area contributed by atoms with E-state index in [1.165, 1.54) is 70.6 Å². The molecule has 1 aliphatic heterocycles. The fourth-order valence-corrected chi connectivity index (χ4v) is 6.48. The van der Waals surface area contributed by atoms with Crippen LogP contribution in [0, 0.1) is 0 Å². The number of unbranched alkanes of at least 4 members (excludes halogenated alkanes) is 17. The molecule has 0 spiro atoms. The number of allylic oxidation sites excluding steroid dienone is 2. The van der Waals surface area contributed by atoms with Crippen LogP contribution in [0.15, 0.2) is 12.2 Å². The van der Waals surface area contributed by atoms with Gasteiger partial charge in [-0.2, -0.15) is 8.42 Å². The zero-order chi connectivity index (χ0) is 37.0. The second kappa shape index (κ2) is 28.9. The quantitative estimate of drug-likeness (QED) is 0.0269. The van der Waals surface area contributed by atoms with Gasteiger partial charge in [-0.15, -0.1) is 0 Å². The first-order valence-electron chi connectivity index (χ1n) is 19.2. The summed E-state index contributed by atoms with van der Waals surface area (Å²) >= 11 is 0. The summed E-state index contributed by atoms with van der Waals surface area (Å²) in [6.07, 6.45) is 17.3. The summed E-state index contributed by atoms with van der Waals surface area (Å²) in [4.78, 5) is 25.1. The Hall–Kier alpha value is -1.61. The Morgan fingerprint density at radius 2 is 1.14 bits per heavy atom. The van der Waals surface area contributed by atoms with Gasteiger partial charge < -0.3 is 34.3 Å². The lowest BCUT2D eigenvalue weighted by molar-refractivity contribution is -0.297. The standard InChI is InChI=1S/C37H68O12S/c1-3-5-7-9-11-12-13-14-15-16-17-18-20-22-24-26-33(39)48-30(27-46-32(38)25-23-21-19-10-8-6-4-2)28-47-37-36(42)35(41)34(40)31(49-37)29-50(43,44)45/h17-18,30-31,34-37,40-42H,3-16,19-29H2,1-2H3,(H,43,44,45)/b18-17+/t30-,31-,34-,35?,36?,37+/m1/s1. The molecule has 0 saturated carbocycles. The minimum Gasteiger partial charge on any atom is -0.462 e. The second-order valence-corrected chi connectivity index (χ2v) is 15.1. The topological polar surface area (TPSA) is 186 Å². The van der Waals surface area contributed by atoms with Crippen molar-refractivity contribution in [2.24, 2.45) is 0 Å². The molecule has 12 nitrogen and oxygen atoms in total. The average Bonchev–Trinajstić information content (AvgIpc) is 3.07. The van der Waals surface area contributed by atoms with Gasteiger partial charge in [-0.25, -0.2) is 0 Å². The number of esters is 2. The van der Waals surface area contributed by atoms with E-state index in [4.69, 9.17) is 18.9 Å². The molecule has 0 radical (unpaired) electrons. The first kappa shape index (κ1) is 46.4. The maximum Gasteiger partial charge on any atom is 0.306 e. The van der Waals surface area contributed by atoms with Gasteiger partial charge in [0.15, 0.2) is 12.4 Å². The SMILES string of the molecule is CCCCCCCCCCC/C=C/CCCCC(=O)O[C@H](COC(=O)CCCCCCCCC)CO[C@H]1O[C@H](CS(=O)(=O)O)[C@@H](O)C(O)C1O. The summed E-state index contributed by atoms with van der Waals surface area (Å²) < 4.78 is 53.6. The fourth-order valence-electron chi connectivity index (χ4n) is 5.79. The van der Waals surface area contributed by atoms with Crippen LogP contribution in [0.1, 0.15) is 155 Å². The van der Waals surface area contributed by atoms with E-state index < -0.39 is 71.2 Å². The van der Waals surface area contributed by atoms with Crippen molar-refractivity contribution in [3.63, 3.8) is 0 Å². The van der Waals surface area contributed by atoms with Crippen LogP contribution in [-0.4, -0.2) is 96.0 Å². The van der Waals surface area contributed by atoms with Crippen molar-refractivity contribution in [2.75, 3.05) is 19.0 Å². The molecule has 0 aromatic heterocycles. The fraction of sp³-hybridized carbons (Fsp3) is 0.892. The Labute approximate surface area is 301 Å². The van der Waals surface area contributed by atoms with Crippen molar-refractivity contribution in [2.45, 2.75) is 192 Å². The molecule has 6 atom stereocenters. The maximum absolute atomic E-state index is 12.7. The molecular weight excluding hydrogens is 668 g/mol. The third kappa shape index (κ3) is 23.8. The Morgan fingerprint density at radius 3 is 1.70 bits per heavy atom. The van der Waals surface area contributed by atoms with E-state index in [1.807, 2.05) is 0 Å². The van der Waals surface area contributed by atoms with Crippen LogP contribution in [-0.2, 0) is 38.7 Å². The molecule has 50 heavy (non-hydrogen) atoms. The van der Waals surface area contributed by atoms with Crippen molar-refractivity contribution >= 4 is 22.1 Å². The average molecular weight is 737 g/mol. The van der Waals surface area contributed by atoms with Crippen molar-refractivity contribution in [1.82, 2.24) is 0 Å². The summed E-state index contributed by atoms with van der Waals surface area (Å²) in [7, 11) is -4.59. The van der Waals surface area contributed by atoms with Crippen molar-refractivity contribution < 1.29 is 56.8 Å². The highest BCUT2D eigenvalue weighted by Gasteiger charge is 2.46. The van der Waals surface area contributed by atoms with Gasteiger partial charge in [-0.3, -0.25) is 14.1 Å². The Kier molecular flexibility index (Phi) is 26.8. The molecule has 0 aromatic rings. The van der Waals surface area contributed by atoms with Crippen LogP contribution in [0.3, 0.4) is 0 Å². The van der Waals surface area contributed by atoms with Crippen LogP contribution < -0.4 is 0 Å². The van der Waals surface area contributed by atoms with Crippen LogP contribution >= 0.6 is 0 Å². The number of carbonyl (C=O) groups excluding carboxylic acids is 2. The molecule has 0 aliphatic carbocycles. The third-order valence-electron chi connectivity index (χ3n) is 8.85. The summed E-state index contributed by atoms with van der Waals surface area (Å²) in [6, 6.07) is 0. The molecule has 4 N–H and O–H groups in total. The number of carbonyl (C=O) groups is 2. The van der Waals surface area contributed by atoms with Crippen molar-refractivity contribution in [3.05, 3.63) is 12.2 Å². The molecule has 0 aromatic carbocycles. The summed E-state index contributed by atoms with van der Waals surface area (Å²) in [5.74, 6) is -2.01. The lowest BCUT2D eigenvalue weighted by Gasteiger charge is -2.40. The van der Waals surface area contributed by atoms with E-state index in [1.54, 1.807) is 0 Å². The van der Waals surface area contributed by atoms with E-state index in [0.29, 0.717) is 12.8 Å². The highest BCUT2D eigenvalue weighted by molar-refractivity contribution is 7.85. The van der Waals surface area contributed by atoms with Crippen LogP contribution in [0.5, 0.6) is 0 Å². The van der Waals surface area contributed by atoms with E-state index >= 15 is 0 Å². The van der Waals surface area contributed by atoms with E-state index in [2.05, 4.69) is 26.0 Å². The van der Waals surface area contributed by atoms with E-state index in [-0.39, 0.29) is 19.4 Å². The van der Waals surface area contributed by atoms with Crippen LogP contribution in [0.4, 0.5) is 0 Å². The maximum atomic E-state index is 12.7. The monoisotopic (exact) mass is 736 g/mol. The highest BCUT2D eigenvalue weighted by atomic mass is 32.2. The molecule has 1 rings (SSSR count). The molecule has 13 heteroatoms.